The number of methoxy groups -OCH3 is 2. The lowest BCUT2D eigenvalue weighted by Crippen LogP contribution is -2.22. The molecule has 0 aliphatic carbocycles. The fourth-order valence-corrected chi connectivity index (χ4v) is 3.82. The van der Waals surface area contributed by atoms with Crippen LogP contribution in [0.5, 0.6) is 11.5 Å². The van der Waals surface area contributed by atoms with Gasteiger partial charge in [-0.15, -0.1) is 11.3 Å². The topological polar surface area (TPSA) is 105 Å². The van der Waals surface area contributed by atoms with E-state index in [1.165, 1.54) is 11.3 Å². The molecular formula is C22H20N4O5S. The number of benzene rings is 2. The van der Waals surface area contributed by atoms with E-state index in [-0.39, 0.29) is 6.54 Å². The number of imidazole rings is 1. The average Bonchev–Trinajstić information content (AvgIpc) is 3.44. The number of fused-ring (bicyclic) bond motifs is 1. The van der Waals surface area contributed by atoms with Crippen LogP contribution in [0, 0.1) is 0 Å². The van der Waals surface area contributed by atoms with Crippen molar-refractivity contribution in [2.45, 2.75) is 6.54 Å². The highest BCUT2D eigenvalue weighted by molar-refractivity contribution is 7.14. The summed E-state index contributed by atoms with van der Waals surface area (Å²) in [6.45, 7) is -0.439. The third kappa shape index (κ3) is 4.70. The zero-order valence-corrected chi connectivity index (χ0v) is 18.2. The van der Waals surface area contributed by atoms with Gasteiger partial charge in [-0.05, 0) is 30.3 Å². The first-order chi connectivity index (χ1) is 15.6. The summed E-state index contributed by atoms with van der Waals surface area (Å²) in [5.41, 5.74) is 3.10. The molecule has 1 amide bonds. The number of aromatic nitrogens is 3. The van der Waals surface area contributed by atoms with Crippen LogP contribution in [0.1, 0.15) is 0 Å². The largest absolute Gasteiger partial charge is 0.493 e. The maximum Gasteiger partial charge on any atom is 0.326 e. The summed E-state index contributed by atoms with van der Waals surface area (Å²) >= 11 is 1.27. The highest BCUT2D eigenvalue weighted by Crippen LogP contribution is 2.33. The van der Waals surface area contributed by atoms with Crippen LogP contribution in [-0.4, -0.2) is 47.2 Å². The second-order valence-corrected chi connectivity index (χ2v) is 7.54. The lowest BCUT2D eigenvalue weighted by Gasteiger charge is -2.08. The molecule has 164 valence electrons. The summed E-state index contributed by atoms with van der Waals surface area (Å²) in [4.78, 5) is 32.9. The van der Waals surface area contributed by atoms with Crippen molar-refractivity contribution < 1.29 is 23.8 Å². The van der Waals surface area contributed by atoms with E-state index in [1.54, 1.807) is 37.2 Å². The number of amides is 1. The van der Waals surface area contributed by atoms with Gasteiger partial charge in [-0.25, -0.2) is 9.97 Å². The number of rotatable bonds is 8. The van der Waals surface area contributed by atoms with Crippen molar-refractivity contribution in [1.82, 2.24) is 14.5 Å². The van der Waals surface area contributed by atoms with Crippen molar-refractivity contribution in [3.05, 3.63) is 54.2 Å². The summed E-state index contributed by atoms with van der Waals surface area (Å²) in [5.74, 6) is 0.196. The van der Waals surface area contributed by atoms with Gasteiger partial charge in [-0.1, -0.05) is 12.1 Å². The molecule has 32 heavy (non-hydrogen) atoms. The molecule has 2 aromatic carbocycles. The Bertz CT molecular complexity index is 1270. The molecule has 4 aromatic rings. The molecule has 0 saturated carbocycles. The summed E-state index contributed by atoms with van der Waals surface area (Å²) < 4.78 is 17.3. The number of carbonyl (C=O) groups excluding carboxylic acids is 2. The van der Waals surface area contributed by atoms with E-state index in [2.05, 4.69) is 15.3 Å². The molecule has 1 N–H and O–H groups in total. The molecule has 0 saturated heterocycles. The van der Waals surface area contributed by atoms with Crippen molar-refractivity contribution >= 4 is 39.4 Å². The number of hydrogen-bond donors (Lipinski definition) is 1. The van der Waals surface area contributed by atoms with E-state index in [0.29, 0.717) is 22.3 Å². The number of esters is 1. The van der Waals surface area contributed by atoms with E-state index in [0.717, 1.165) is 16.6 Å². The Hall–Kier alpha value is -3.92. The summed E-state index contributed by atoms with van der Waals surface area (Å²) in [6, 6.07) is 12.9. The van der Waals surface area contributed by atoms with E-state index in [4.69, 9.17) is 14.2 Å². The zero-order valence-electron chi connectivity index (χ0n) is 17.4. The van der Waals surface area contributed by atoms with Crippen LogP contribution in [-0.2, 0) is 20.9 Å². The van der Waals surface area contributed by atoms with Gasteiger partial charge >= 0.3 is 5.97 Å². The molecule has 9 nitrogen and oxygen atoms in total. The normalized spacial score (nSPS) is 10.7. The van der Waals surface area contributed by atoms with Crippen molar-refractivity contribution in [3.8, 4) is 22.8 Å². The van der Waals surface area contributed by atoms with Crippen LogP contribution in [0.15, 0.2) is 54.2 Å². The Labute approximate surface area is 187 Å². The van der Waals surface area contributed by atoms with E-state index in [9.17, 15) is 9.59 Å². The van der Waals surface area contributed by atoms with Crippen molar-refractivity contribution in [3.63, 3.8) is 0 Å². The third-order valence-corrected chi connectivity index (χ3v) is 5.38. The quantitative estimate of drug-likeness (QED) is 0.409. The van der Waals surface area contributed by atoms with Crippen LogP contribution in [0.2, 0.25) is 0 Å². The Balaban J connectivity index is 1.32. The second kappa shape index (κ2) is 9.48. The number of thiazole rings is 1. The first kappa shape index (κ1) is 21.3. The van der Waals surface area contributed by atoms with Gasteiger partial charge in [0.1, 0.15) is 6.54 Å². The van der Waals surface area contributed by atoms with Gasteiger partial charge in [0.15, 0.2) is 23.2 Å². The first-order valence-electron chi connectivity index (χ1n) is 9.60. The van der Waals surface area contributed by atoms with Gasteiger partial charge in [-0.3, -0.25) is 14.9 Å². The number of nitrogens with one attached hydrogen (secondary N) is 1. The van der Waals surface area contributed by atoms with Gasteiger partial charge in [-0.2, -0.15) is 0 Å². The fraction of sp³-hybridized carbons (Fsp3) is 0.182. The zero-order chi connectivity index (χ0) is 22.5. The van der Waals surface area contributed by atoms with Gasteiger partial charge in [0.2, 0.25) is 0 Å². The van der Waals surface area contributed by atoms with E-state index >= 15 is 0 Å². The number of carbonyl (C=O) groups is 2. The molecule has 0 radical (unpaired) electrons. The summed E-state index contributed by atoms with van der Waals surface area (Å²) in [7, 11) is 3.13. The number of nitrogens with zero attached hydrogens (tertiary/aromatic N) is 3. The van der Waals surface area contributed by atoms with Crippen LogP contribution in [0.3, 0.4) is 0 Å². The Morgan fingerprint density at radius 2 is 1.91 bits per heavy atom. The minimum absolute atomic E-state index is 0.0332. The molecule has 0 unspecified atom stereocenters. The van der Waals surface area contributed by atoms with Crippen LogP contribution >= 0.6 is 11.3 Å². The van der Waals surface area contributed by atoms with Crippen LogP contribution in [0.25, 0.3) is 22.3 Å². The van der Waals surface area contributed by atoms with Gasteiger partial charge in [0.05, 0.1) is 37.3 Å². The minimum Gasteiger partial charge on any atom is -0.493 e. The lowest BCUT2D eigenvalue weighted by molar-refractivity contribution is -0.147. The monoisotopic (exact) mass is 452 g/mol. The molecule has 4 rings (SSSR count). The molecule has 0 bridgehead atoms. The standard InChI is InChI=1S/C22H20N4O5S/c1-29-18-8-7-14(9-19(18)30-2)16-12-32-22(24-16)25-20(27)11-31-21(28)10-26-13-23-15-5-3-4-6-17(15)26/h3-9,12-13H,10-11H2,1-2H3,(H,24,25,27). The molecule has 10 heteroatoms. The summed E-state index contributed by atoms with van der Waals surface area (Å²) in [5, 5.41) is 4.86. The molecule has 2 aromatic heterocycles. The highest BCUT2D eigenvalue weighted by Gasteiger charge is 2.13. The molecule has 0 aliphatic rings. The van der Waals surface area contributed by atoms with Crippen molar-refractivity contribution in [1.29, 1.82) is 0 Å². The molecule has 0 fully saturated rings. The van der Waals surface area contributed by atoms with Gasteiger partial charge in [0.25, 0.3) is 5.91 Å². The number of ether oxygens (including phenoxy) is 3. The summed E-state index contributed by atoms with van der Waals surface area (Å²) in [6.07, 6.45) is 1.57. The lowest BCUT2D eigenvalue weighted by atomic mass is 10.1. The maximum atomic E-state index is 12.2. The molecule has 0 aliphatic heterocycles. The van der Waals surface area contributed by atoms with Gasteiger partial charge in [0, 0.05) is 10.9 Å². The van der Waals surface area contributed by atoms with Crippen molar-refractivity contribution in [2.24, 2.45) is 0 Å². The predicted octanol–water partition coefficient (Wildman–Crippen LogP) is 3.36. The molecule has 2 heterocycles. The van der Waals surface area contributed by atoms with Crippen LogP contribution in [0.4, 0.5) is 5.13 Å². The Kier molecular flexibility index (Phi) is 6.31. The molecule has 0 spiro atoms. The van der Waals surface area contributed by atoms with Gasteiger partial charge < -0.3 is 18.8 Å². The molecular weight excluding hydrogens is 432 g/mol. The molecule has 0 atom stereocenters. The number of anilines is 1. The van der Waals surface area contributed by atoms with E-state index in [1.807, 2.05) is 35.7 Å². The Morgan fingerprint density at radius 3 is 2.72 bits per heavy atom. The highest BCUT2D eigenvalue weighted by atomic mass is 32.1. The number of para-hydroxylation sites is 2. The second-order valence-electron chi connectivity index (χ2n) is 6.68. The Morgan fingerprint density at radius 1 is 1.09 bits per heavy atom. The smallest absolute Gasteiger partial charge is 0.326 e. The first-order valence-corrected chi connectivity index (χ1v) is 10.5. The SMILES string of the molecule is COc1ccc(-c2csc(NC(=O)COC(=O)Cn3cnc4ccccc43)n2)cc1OC. The minimum atomic E-state index is -0.534. The fourth-order valence-electron chi connectivity index (χ4n) is 3.08. The third-order valence-electron chi connectivity index (χ3n) is 4.62. The maximum absolute atomic E-state index is 12.2. The van der Waals surface area contributed by atoms with E-state index < -0.39 is 18.5 Å². The van der Waals surface area contributed by atoms with Crippen LogP contribution < -0.4 is 14.8 Å². The van der Waals surface area contributed by atoms with Crippen molar-refractivity contribution in [2.75, 3.05) is 26.1 Å². The predicted molar refractivity (Wildman–Crippen MR) is 120 cm³/mol. The average molecular weight is 452 g/mol. The number of hydrogen-bond acceptors (Lipinski definition) is 8.